The maximum absolute atomic E-state index is 15.0. The second-order valence-electron chi connectivity index (χ2n) is 11.5. The average molecular weight is 541 g/mol. The van der Waals surface area contributed by atoms with Gasteiger partial charge >= 0.3 is 0 Å². The molecule has 2 aromatic carbocycles. The largest absolute Gasteiger partial charge is 0.493 e. The van der Waals surface area contributed by atoms with E-state index in [1.807, 2.05) is 28.0 Å². The average Bonchev–Trinajstić information content (AvgIpc) is 3.44. The van der Waals surface area contributed by atoms with Crippen molar-refractivity contribution in [1.82, 2.24) is 9.80 Å². The van der Waals surface area contributed by atoms with Crippen LogP contribution in [0.4, 0.5) is 4.39 Å². The van der Waals surface area contributed by atoms with Gasteiger partial charge in [0.2, 0.25) is 11.8 Å². The van der Waals surface area contributed by atoms with E-state index >= 15 is 4.39 Å². The van der Waals surface area contributed by atoms with E-state index in [4.69, 9.17) is 16.3 Å². The number of halogens is 2. The predicted molar refractivity (Wildman–Crippen MR) is 147 cm³/mol. The molecule has 2 heterocycles. The normalized spacial score (nSPS) is 23.3. The van der Waals surface area contributed by atoms with Gasteiger partial charge in [-0.15, -0.1) is 0 Å². The second-order valence-corrected chi connectivity index (χ2v) is 11.9. The van der Waals surface area contributed by atoms with Crippen molar-refractivity contribution >= 4 is 23.4 Å². The van der Waals surface area contributed by atoms with E-state index in [0.717, 1.165) is 58.0 Å². The monoisotopic (exact) mass is 540 g/mol. The molecule has 3 fully saturated rings. The molecule has 7 heteroatoms. The molecule has 0 radical (unpaired) electrons. The second kappa shape index (κ2) is 11.6. The molecule has 2 aliphatic heterocycles. The fourth-order valence-corrected chi connectivity index (χ4v) is 6.89. The Morgan fingerprint density at radius 1 is 0.842 bits per heavy atom. The van der Waals surface area contributed by atoms with E-state index < -0.39 is 10.8 Å². The topological polar surface area (TPSA) is 49.9 Å². The molecule has 1 saturated carbocycles. The van der Waals surface area contributed by atoms with Crippen LogP contribution in [0.1, 0.15) is 69.8 Å². The number of carbonyl (C=O) groups is 2. The molecule has 38 heavy (non-hydrogen) atoms. The highest BCUT2D eigenvalue weighted by molar-refractivity contribution is 6.30. The lowest BCUT2D eigenvalue weighted by Gasteiger charge is -2.46. The summed E-state index contributed by atoms with van der Waals surface area (Å²) < 4.78 is 21.3. The molecule has 2 saturated heterocycles. The maximum Gasteiger partial charge on any atom is 0.233 e. The van der Waals surface area contributed by atoms with E-state index in [1.165, 1.54) is 6.07 Å². The summed E-state index contributed by atoms with van der Waals surface area (Å²) in [6.45, 7) is 2.99. The van der Waals surface area contributed by atoms with Gasteiger partial charge in [0.1, 0.15) is 11.6 Å². The molecular weight excluding hydrogens is 503 g/mol. The van der Waals surface area contributed by atoms with Gasteiger partial charge < -0.3 is 14.5 Å². The third-order valence-electron chi connectivity index (χ3n) is 8.80. The first-order valence-corrected chi connectivity index (χ1v) is 14.5. The summed E-state index contributed by atoms with van der Waals surface area (Å²) >= 11 is 6.06. The zero-order chi connectivity index (χ0) is 26.6. The van der Waals surface area contributed by atoms with E-state index in [-0.39, 0.29) is 17.6 Å². The summed E-state index contributed by atoms with van der Waals surface area (Å²) in [4.78, 5) is 31.7. The molecule has 2 aromatic rings. The minimum Gasteiger partial charge on any atom is -0.493 e. The van der Waals surface area contributed by atoms with Crippen LogP contribution in [0.25, 0.3) is 0 Å². The fourth-order valence-electron chi connectivity index (χ4n) is 6.77. The van der Waals surface area contributed by atoms with Crippen LogP contribution in [0.5, 0.6) is 5.75 Å². The third kappa shape index (κ3) is 5.70. The van der Waals surface area contributed by atoms with Crippen LogP contribution in [0.15, 0.2) is 48.5 Å². The van der Waals surface area contributed by atoms with Gasteiger partial charge in [0.15, 0.2) is 0 Å². The maximum atomic E-state index is 15.0. The van der Waals surface area contributed by atoms with E-state index in [1.54, 1.807) is 24.3 Å². The lowest BCUT2D eigenvalue weighted by molar-refractivity contribution is -0.145. The zero-order valence-corrected chi connectivity index (χ0v) is 22.9. The van der Waals surface area contributed by atoms with Crippen LogP contribution >= 0.6 is 11.6 Å². The molecule has 0 aromatic heterocycles. The number of hydrogen-bond acceptors (Lipinski definition) is 3. The van der Waals surface area contributed by atoms with Crippen molar-refractivity contribution < 1.29 is 18.7 Å². The molecule has 0 bridgehead atoms. The molecule has 1 atom stereocenters. The number of rotatable bonds is 7. The molecule has 204 valence electrons. The van der Waals surface area contributed by atoms with Gasteiger partial charge in [-0.05, 0) is 75.3 Å². The van der Waals surface area contributed by atoms with Crippen LogP contribution in [0, 0.1) is 11.2 Å². The van der Waals surface area contributed by atoms with E-state index in [0.29, 0.717) is 55.3 Å². The van der Waals surface area contributed by atoms with Gasteiger partial charge in [-0.1, -0.05) is 42.6 Å². The van der Waals surface area contributed by atoms with Crippen molar-refractivity contribution in [3.8, 4) is 5.75 Å². The third-order valence-corrected chi connectivity index (χ3v) is 9.05. The van der Waals surface area contributed by atoms with Crippen molar-refractivity contribution in [3.63, 3.8) is 0 Å². The van der Waals surface area contributed by atoms with Crippen molar-refractivity contribution in [2.45, 2.75) is 69.6 Å². The fraction of sp³-hybridized carbons (Fsp3) is 0.548. The first-order chi connectivity index (χ1) is 18.4. The number of benzene rings is 2. The van der Waals surface area contributed by atoms with Crippen molar-refractivity contribution in [2.24, 2.45) is 5.41 Å². The smallest absolute Gasteiger partial charge is 0.233 e. The summed E-state index contributed by atoms with van der Waals surface area (Å²) in [6.07, 6.45) is 8.30. The van der Waals surface area contributed by atoms with Crippen LogP contribution in [-0.2, 0) is 15.0 Å². The Morgan fingerprint density at radius 3 is 2.24 bits per heavy atom. The van der Waals surface area contributed by atoms with E-state index in [2.05, 4.69) is 0 Å². The highest BCUT2D eigenvalue weighted by atomic mass is 35.5. The molecule has 3 aliphatic rings. The van der Waals surface area contributed by atoms with Crippen LogP contribution in [-0.4, -0.2) is 54.4 Å². The SMILES string of the molecule is O=C(CC1(COc2ccc(Cl)cc2)CCCN(C(=O)C2(c3ccccc3F)CCCC2)C1)N1CCCCC1. The molecule has 1 unspecified atom stereocenters. The van der Waals surface area contributed by atoms with Crippen molar-refractivity contribution in [2.75, 3.05) is 32.8 Å². The highest BCUT2D eigenvalue weighted by Crippen LogP contribution is 2.45. The Hall–Kier alpha value is -2.60. The summed E-state index contributed by atoms with van der Waals surface area (Å²) in [5.41, 5.74) is -0.820. The van der Waals surface area contributed by atoms with Crippen LogP contribution in [0.3, 0.4) is 0 Å². The Kier molecular flexibility index (Phi) is 8.27. The summed E-state index contributed by atoms with van der Waals surface area (Å²) in [7, 11) is 0. The number of hydrogen-bond donors (Lipinski definition) is 0. The molecule has 5 rings (SSSR count). The quantitative estimate of drug-likeness (QED) is 0.409. The minimum absolute atomic E-state index is 0.00101. The molecule has 5 nitrogen and oxygen atoms in total. The highest BCUT2D eigenvalue weighted by Gasteiger charge is 2.49. The molecule has 0 spiro atoms. The Bertz CT molecular complexity index is 1130. The number of amides is 2. The van der Waals surface area contributed by atoms with Crippen LogP contribution < -0.4 is 4.74 Å². The Balaban J connectivity index is 1.40. The summed E-state index contributed by atoms with van der Waals surface area (Å²) in [5, 5.41) is 0.636. The summed E-state index contributed by atoms with van der Waals surface area (Å²) in [6, 6.07) is 14.0. The Morgan fingerprint density at radius 2 is 1.53 bits per heavy atom. The first-order valence-electron chi connectivity index (χ1n) is 14.1. The van der Waals surface area contributed by atoms with Crippen molar-refractivity contribution in [1.29, 1.82) is 0 Å². The van der Waals surface area contributed by atoms with Gasteiger partial charge in [-0.25, -0.2) is 4.39 Å². The van der Waals surface area contributed by atoms with E-state index in [9.17, 15) is 9.59 Å². The number of nitrogens with zero attached hydrogens (tertiary/aromatic N) is 2. The molecule has 1 aliphatic carbocycles. The molecular formula is C31H38ClFN2O3. The Labute approximate surface area is 230 Å². The molecule has 2 amide bonds. The van der Waals surface area contributed by atoms with Crippen LogP contribution in [0.2, 0.25) is 5.02 Å². The van der Waals surface area contributed by atoms with Gasteiger partial charge in [0.25, 0.3) is 0 Å². The zero-order valence-electron chi connectivity index (χ0n) is 22.1. The first kappa shape index (κ1) is 27.0. The van der Waals surface area contributed by atoms with Gasteiger partial charge in [0, 0.05) is 48.6 Å². The van der Waals surface area contributed by atoms with Gasteiger partial charge in [-0.3, -0.25) is 9.59 Å². The number of ether oxygens (including phenoxy) is 1. The molecule has 0 N–H and O–H groups in total. The number of carbonyl (C=O) groups excluding carboxylic acids is 2. The number of piperidine rings is 2. The lowest BCUT2D eigenvalue weighted by Crippen LogP contribution is -2.55. The number of likely N-dealkylation sites (tertiary alicyclic amines) is 2. The lowest BCUT2D eigenvalue weighted by atomic mass is 9.73. The standard InChI is InChI=1S/C31H38ClFN2O3/c32-24-11-13-25(14-12-24)38-23-30(21-28(36)34-18-6-1-7-19-34)15-8-20-35(22-30)29(37)31(16-4-5-17-31)26-9-2-3-10-27(26)33/h2-3,9-14H,1,4-8,15-23H2. The summed E-state index contributed by atoms with van der Waals surface area (Å²) in [5.74, 6) is 0.531. The van der Waals surface area contributed by atoms with Gasteiger partial charge in [-0.2, -0.15) is 0 Å². The van der Waals surface area contributed by atoms with Gasteiger partial charge in [0.05, 0.1) is 12.0 Å². The van der Waals surface area contributed by atoms with Crippen molar-refractivity contribution in [3.05, 3.63) is 64.9 Å². The minimum atomic E-state index is -0.831. The predicted octanol–water partition coefficient (Wildman–Crippen LogP) is 6.38.